The van der Waals surface area contributed by atoms with Crippen LogP contribution in [0.15, 0.2) is 15.6 Å². The number of carbonyl (C=O) groups is 2. The molecule has 1 unspecified atom stereocenters. The molecule has 0 radical (unpaired) electrons. The number of hydrogen-bond acceptors (Lipinski definition) is 5. The average molecular weight is 318 g/mol. The third-order valence-corrected chi connectivity index (χ3v) is 4.12. The van der Waals surface area contributed by atoms with Gasteiger partial charge in [-0.15, -0.1) is 0 Å². The van der Waals surface area contributed by atoms with Crippen LogP contribution in [-0.4, -0.2) is 38.5 Å². The normalized spacial score (nSPS) is 12.9. The average Bonchev–Trinajstić information content (AvgIpc) is 2.81. The minimum Gasteiger partial charge on any atom is -0.480 e. The summed E-state index contributed by atoms with van der Waals surface area (Å²) in [6.45, 7) is 3.22. The first-order valence-electron chi connectivity index (χ1n) is 6.30. The van der Waals surface area contributed by atoms with Gasteiger partial charge >= 0.3 is 5.97 Å². The minimum absolute atomic E-state index is 0.00817. The topological polar surface area (TPSA) is 126 Å². The molecule has 1 aromatic heterocycles. The van der Waals surface area contributed by atoms with Gasteiger partial charge in [0, 0.05) is 6.07 Å². The number of carbonyl (C=O) groups excluding carboxylic acids is 1. The van der Waals surface area contributed by atoms with Gasteiger partial charge in [-0.3, -0.25) is 4.79 Å². The monoisotopic (exact) mass is 318 g/mol. The number of nitrogens with one attached hydrogen (secondary N) is 2. The van der Waals surface area contributed by atoms with E-state index in [-0.39, 0.29) is 17.7 Å². The molecule has 0 aliphatic heterocycles. The fourth-order valence-electron chi connectivity index (χ4n) is 1.70. The van der Waals surface area contributed by atoms with Crippen LogP contribution in [0.3, 0.4) is 0 Å². The van der Waals surface area contributed by atoms with Gasteiger partial charge in [0.05, 0.1) is 5.56 Å². The predicted molar refractivity (Wildman–Crippen MR) is 73.5 cm³/mol. The van der Waals surface area contributed by atoms with Gasteiger partial charge in [-0.1, -0.05) is 13.3 Å². The highest BCUT2D eigenvalue weighted by molar-refractivity contribution is 7.89. The van der Waals surface area contributed by atoms with E-state index in [1.165, 1.54) is 14.0 Å². The van der Waals surface area contributed by atoms with Crippen molar-refractivity contribution in [1.82, 2.24) is 10.0 Å². The van der Waals surface area contributed by atoms with Crippen LogP contribution in [0.5, 0.6) is 0 Å². The van der Waals surface area contributed by atoms with Crippen LogP contribution in [0, 0.1) is 6.92 Å². The molecule has 0 aliphatic rings. The lowest BCUT2D eigenvalue weighted by Gasteiger charge is -2.12. The Balaban J connectivity index is 3.01. The molecule has 21 heavy (non-hydrogen) atoms. The predicted octanol–water partition coefficient (Wildman–Crippen LogP) is 0.479. The van der Waals surface area contributed by atoms with E-state index in [9.17, 15) is 18.0 Å². The van der Waals surface area contributed by atoms with Gasteiger partial charge in [0.1, 0.15) is 11.8 Å². The largest absolute Gasteiger partial charge is 0.480 e. The summed E-state index contributed by atoms with van der Waals surface area (Å²) < 4.78 is 30.3. The van der Waals surface area contributed by atoms with E-state index in [2.05, 4.69) is 10.0 Å². The summed E-state index contributed by atoms with van der Waals surface area (Å²) in [5.74, 6) is -1.73. The summed E-state index contributed by atoms with van der Waals surface area (Å²) in [6, 6.07) is 0.0441. The minimum atomic E-state index is -3.80. The standard InChI is InChI=1S/C12H18N2O6S/c1-4-5-9(12(16)17)14-11(15)8-6-10(20-7(8)2)21(18,19)13-3/h6,9,13H,4-5H2,1-3H3,(H,14,15)(H,16,17). The molecule has 1 rings (SSSR count). The Morgan fingerprint density at radius 3 is 2.52 bits per heavy atom. The summed E-state index contributed by atoms with van der Waals surface area (Å²) >= 11 is 0. The quantitative estimate of drug-likeness (QED) is 0.671. The first-order valence-corrected chi connectivity index (χ1v) is 7.78. The number of carboxylic acid groups (broad SMARTS) is 1. The fourth-order valence-corrected chi connectivity index (χ4v) is 2.40. The Hall–Kier alpha value is -1.87. The van der Waals surface area contributed by atoms with Crippen LogP contribution in [0.2, 0.25) is 0 Å². The molecule has 0 aliphatic carbocycles. The van der Waals surface area contributed by atoms with Gasteiger partial charge in [-0.05, 0) is 20.4 Å². The highest BCUT2D eigenvalue weighted by Crippen LogP contribution is 2.19. The number of carboxylic acids is 1. The third kappa shape index (κ3) is 4.05. The Morgan fingerprint density at radius 2 is 2.05 bits per heavy atom. The molecule has 1 amide bonds. The molecule has 0 saturated carbocycles. The van der Waals surface area contributed by atoms with E-state index in [1.807, 2.05) is 0 Å². The molecule has 118 valence electrons. The summed E-state index contributed by atoms with van der Waals surface area (Å²) in [4.78, 5) is 23.0. The molecular formula is C12H18N2O6S. The van der Waals surface area contributed by atoms with Crippen molar-refractivity contribution in [3.63, 3.8) is 0 Å². The molecule has 0 fully saturated rings. The summed E-state index contributed by atoms with van der Waals surface area (Å²) in [5, 5.41) is 10.9. The van der Waals surface area contributed by atoms with Crippen LogP contribution in [0.1, 0.15) is 35.9 Å². The van der Waals surface area contributed by atoms with Gasteiger partial charge < -0.3 is 14.8 Å². The molecule has 3 N–H and O–H groups in total. The number of furan rings is 1. The molecule has 0 bridgehead atoms. The van der Waals surface area contributed by atoms with Gasteiger partial charge in [-0.2, -0.15) is 0 Å². The summed E-state index contributed by atoms with van der Waals surface area (Å²) in [5.41, 5.74) is -0.00817. The molecule has 1 atom stereocenters. The van der Waals surface area contributed by atoms with Crippen molar-refractivity contribution >= 4 is 21.9 Å². The summed E-state index contributed by atoms with van der Waals surface area (Å²) in [7, 11) is -2.58. The van der Waals surface area contributed by atoms with Crippen molar-refractivity contribution in [2.24, 2.45) is 0 Å². The number of hydrogen-bond donors (Lipinski definition) is 3. The van der Waals surface area contributed by atoms with E-state index < -0.39 is 33.0 Å². The molecule has 1 heterocycles. The van der Waals surface area contributed by atoms with Gasteiger partial charge in [0.15, 0.2) is 0 Å². The lowest BCUT2D eigenvalue weighted by atomic mass is 10.1. The Labute approximate surface area is 122 Å². The van der Waals surface area contributed by atoms with Crippen molar-refractivity contribution in [3.05, 3.63) is 17.4 Å². The van der Waals surface area contributed by atoms with Crippen LogP contribution in [0.4, 0.5) is 0 Å². The van der Waals surface area contributed by atoms with E-state index >= 15 is 0 Å². The number of rotatable bonds is 7. The number of aryl methyl sites for hydroxylation is 1. The van der Waals surface area contributed by atoms with E-state index in [1.54, 1.807) is 6.92 Å². The number of aliphatic carboxylic acids is 1. The first-order chi connectivity index (χ1) is 9.72. The van der Waals surface area contributed by atoms with E-state index in [0.29, 0.717) is 6.42 Å². The first kappa shape index (κ1) is 17.2. The molecule has 0 aromatic carbocycles. The molecule has 0 spiro atoms. The molecular weight excluding hydrogens is 300 g/mol. The van der Waals surface area contributed by atoms with E-state index in [4.69, 9.17) is 9.52 Å². The molecule has 9 heteroatoms. The second-order valence-corrected chi connectivity index (χ2v) is 6.21. The fraction of sp³-hybridized carbons (Fsp3) is 0.500. The third-order valence-electron chi connectivity index (χ3n) is 2.85. The Morgan fingerprint density at radius 1 is 1.43 bits per heavy atom. The van der Waals surface area contributed by atoms with Crippen molar-refractivity contribution in [3.8, 4) is 0 Å². The molecule has 1 aromatic rings. The number of sulfonamides is 1. The maximum atomic E-state index is 12.0. The lowest BCUT2D eigenvalue weighted by Crippen LogP contribution is -2.40. The Bertz CT molecular complexity index is 634. The lowest BCUT2D eigenvalue weighted by molar-refractivity contribution is -0.139. The second-order valence-electron chi connectivity index (χ2n) is 4.40. The van der Waals surface area contributed by atoms with Crippen LogP contribution in [0.25, 0.3) is 0 Å². The molecule has 8 nitrogen and oxygen atoms in total. The van der Waals surface area contributed by atoms with Crippen molar-refractivity contribution in [2.45, 2.75) is 37.8 Å². The van der Waals surface area contributed by atoms with Gasteiger partial charge in [0.2, 0.25) is 5.09 Å². The van der Waals surface area contributed by atoms with Crippen molar-refractivity contribution < 1.29 is 27.5 Å². The summed E-state index contributed by atoms with van der Waals surface area (Å²) in [6.07, 6.45) is 0.862. The van der Waals surface area contributed by atoms with Gasteiger partial charge in [0.25, 0.3) is 15.9 Å². The zero-order valence-electron chi connectivity index (χ0n) is 12.0. The highest BCUT2D eigenvalue weighted by atomic mass is 32.2. The van der Waals surface area contributed by atoms with Crippen molar-refractivity contribution in [1.29, 1.82) is 0 Å². The smallest absolute Gasteiger partial charge is 0.326 e. The van der Waals surface area contributed by atoms with Crippen LogP contribution in [-0.2, 0) is 14.8 Å². The van der Waals surface area contributed by atoms with Gasteiger partial charge in [-0.25, -0.2) is 17.9 Å². The highest BCUT2D eigenvalue weighted by Gasteiger charge is 2.25. The zero-order valence-corrected chi connectivity index (χ0v) is 12.8. The maximum absolute atomic E-state index is 12.0. The Kier molecular flexibility index (Phi) is 5.50. The second kappa shape index (κ2) is 6.72. The zero-order chi connectivity index (χ0) is 16.2. The maximum Gasteiger partial charge on any atom is 0.326 e. The van der Waals surface area contributed by atoms with Crippen LogP contribution < -0.4 is 10.0 Å². The van der Waals surface area contributed by atoms with Crippen molar-refractivity contribution in [2.75, 3.05) is 7.05 Å². The molecule has 0 saturated heterocycles. The van der Waals surface area contributed by atoms with Crippen LogP contribution >= 0.6 is 0 Å². The SMILES string of the molecule is CCCC(NC(=O)c1cc(S(=O)(=O)NC)oc1C)C(=O)O. The van der Waals surface area contributed by atoms with E-state index in [0.717, 1.165) is 6.07 Å². The number of amides is 1.